The molecule has 0 aliphatic rings. The van der Waals surface area contributed by atoms with Gasteiger partial charge in [0, 0.05) is 25.3 Å². The fraction of sp³-hybridized carbons (Fsp3) is 0.471. The van der Waals surface area contributed by atoms with E-state index in [2.05, 4.69) is 42.6 Å². The van der Waals surface area contributed by atoms with E-state index in [1.54, 1.807) is 0 Å². The summed E-state index contributed by atoms with van der Waals surface area (Å²) in [7, 11) is 0. The summed E-state index contributed by atoms with van der Waals surface area (Å²) in [5.41, 5.74) is 2.30. The number of rotatable bonds is 5. The van der Waals surface area contributed by atoms with Gasteiger partial charge in [0.25, 0.3) is 0 Å². The predicted molar refractivity (Wildman–Crippen MR) is 83.3 cm³/mol. The molecule has 2 rings (SSSR count). The van der Waals surface area contributed by atoms with E-state index in [9.17, 15) is 4.39 Å². The third-order valence-corrected chi connectivity index (χ3v) is 3.70. The SMILES string of the molecule is CCn1cncc1CNC(c1ccc(F)cc1)C(C)(C)C. The summed E-state index contributed by atoms with van der Waals surface area (Å²) in [6.07, 6.45) is 3.74. The molecule has 0 spiro atoms. The van der Waals surface area contributed by atoms with Crippen LogP contribution in [0.25, 0.3) is 0 Å². The summed E-state index contributed by atoms with van der Waals surface area (Å²) >= 11 is 0. The van der Waals surface area contributed by atoms with Crippen molar-refractivity contribution in [1.82, 2.24) is 14.9 Å². The van der Waals surface area contributed by atoms with Crippen molar-refractivity contribution in [2.75, 3.05) is 0 Å². The van der Waals surface area contributed by atoms with Gasteiger partial charge in [0.15, 0.2) is 0 Å². The number of imidazole rings is 1. The van der Waals surface area contributed by atoms with Crippen molar-refractivity contribution in [1.29, 1.82) is 0 Å². The molecular formula is C17H24FN3. The highest BCUT2D eigenvalue weighted by Gasteiger charge is 2.26. The molecular weight excluding hydrogens is 265 g/mol. The highest BCUT2D eigenvalue weighted by molar-refractivity contribution is 5.22. The largest absolute Gasteiger partial charge is 0.334 e. The van der Waals surface area contributed by atoms with Crippen molar-refractivity contribution in [3.63, 3.8) is 0 Å². The number of nitrogens with one attached hydrogen (secondary N) is 1. The van der Waals surface area contributed by atoms with Crippen molar-refractivity contribution in [2.45, 2.75) is 46.8 Å². The van der Waals surface area contributed by atoms with Gasteiger partial charge in [-0.05, 0) is 30.0 Å². The standard InChI is InChI=1S/C17H24FN3/c1-5-21-12-19-10-15(21)11-20-16(17(2,3)4)13-6-8-14(18)9-7-13/h6-10,12,16,20H,5,11H2,1-4H3. The molecule has 0 saturated carbocycles. The van der Waals surface area contributed by atoms with Crippen molar-refractivity contribution in [3.05, 3.63) is 53.9 Å². The first-order chi connectivity index (χ1) is 9.91. The van der Waals surface area contributed by atoms with E-state index in [1.807, 2.05) is 24.7 Å². The van der Waals surface area contributed by atoms with Crippen LogP contribution in [-0.4, -0.2) is 9.55 Å². The molecule has 3 nitrogen and oxygen atoms in total. The van der Waals surface area contributed by atoms with Crippen LogP contribution in [0.3, 0.4) is 0 Å². The normalized spacial score (nSPS) is 13.4. The zero-order valence-electron chi connectivity index (χ0n) is 13.2. The molecule has 0 aliphatic heterocycles. The number of hydrogen-bond acceptors (Lipinski definition) is 2. The molecule has 1 atom stereocenters. The van der Waals surface area contributed by atoms with E-state index < -0.39 is 0 Å². The summed E-state index contributed by atoms with van der Waals surface area (Å²) in [5, 5.41) is 3.59. The van der Waals surface area contributed by atoms with E-state index in [-0.39, 0.29) is 17.3 Å². The van der Waals surface area contributed by atoms with Gasteiger partial charge in [0.05, 0.1) is 12.0 Å². The average Bonchev–Trinajstić information content (AvgIpc) is 2.87. The lowest BCUT2D eigenvalue weighted by Crippen LogP contribution is -2.32. The third kappa shape index (κ3) is 3.91. The average molecular weight is 289 g/mol. The molecule has 21 heavy (non-hydrogen) atoms. The van der Waals surface area contributed by atoms with Gasteiger partial charge in [-0.3, -0.25) is 0 Å². The number of hydrogen-bond donors (Lipinski definition) is 1. The molecule has 0 fully saturated rings. The van der Waals surface area contributed by atoms with Crippen LogP contribution in [0, 0.1) is 11.2 Å². The Morgan fingerprint density at radius 1 is 1.24 bits per heavy atom. The van der Waals surface area contributed by atoms with E-state index in [0.717, 1.165) is 24.3 Å². The van der Waals surface area contributed by atoms with E-state index in [4.69, 9.17) is 0 Å². The molecule has 0 radical (unpaired) electrons. The highest BCUT2D eigenvalue weighted by atomic mass is 19.1. The second-order valence-electron chi connectivity index (χ2n) is 6.40. The first-order valence-electron chi connectivity index (χ1n) is 7.39. The van der Waals surface area contributed by atoms with Crippen LogP contribution in [0.5, 0.6) is 0 Å². The first-order valence-corrected chi connectivity index (χ1v) is 7.39. The Morgan fingerprint density at radius 2 is 1.90 bits per heavy atom. The Kier molecular flexibility index (Phi) is 4.78. The lowest BCUT2D eigenvalue weighted by atomic mass is 9.82. The summed E-state index contributed by atoms with van der Waals surface area (Å²) in [4.78, 5) is 4.19. The number of nitrogens with zero attached hydrogens (tertiary/aromatic N) is 2. The molecule has 2 aromatic rings. The maximum absolute atomic E-state index is 13.1. The van der Waals surface area contributed by atoms with Gasteiger partial charge < -0.3 is 9.88 Å². The molecule has 0 amide bonds. The zero-order chi connectivity index (χ0) is 15.5. The van der Waals surface area contributed by atoms with Crippen molar-refractivity contribution >= 4 is 0 Å². The molecule has 1 heterocycles. The number of halogens is 1. The fourth-order valence-corrected chi connectivity index (χ4v) is 2.57. The van der Waals surface area contributed by atoms with E-state index in [1.165, 1.54) is 12.1 Å². The maximum Gasteiger partial charge on any atom is 0.123 e. The Labute approximate surface area is 126 Å². The van der Waals surface area contributed by atoms with Gasteiger partial charge in [-0.2, -0.15) is 0 Å². The van der Waals surface area contributed by atoms with Gasteiger partial charge in [-0.25, -0.2) is 9.37 Å². The topological polar surface area (TPSA) is 29.9 Å². The van der Waals surface area contributed by atoms with Crippen molar-refractivity contribution in [2.24, 2.45) is 5.41 Å². The quantitative estimate of drug-likeness (QED) is 0.904. The van der Waals surface area contributed by atoms with Crippen molar-refractivity contribution in [3.8, 4) is 0 Å². The number of benzene rings is 1. The molecule has 0 bridgehead atoms. The van der Waals surface area contributed by atoms with Gasteiger partial charge in [-0.15, -0.1) is 0 Å². The lowest BCUT2D eigenvalue weighted by molar-refractivity contribution is 0.269. The van der Waals surface area contributed by atoms with Gasteiger partial charge in [0.1, 0.15) is 5.82 Å². The van der Waals surface area contributed by atoms with Crippen molar-refractivity contribution < 1.29 is 4.39 Å². The summed E-state index contributed by atoms with van der Waals surface area (Å²) in [5.74, 6) is -0.199. The smallest absolute Gasteiger partial charge is 0.123 e. The second kappa shape index (κ2) is 6.39. The molecule has 4 heteroatoms. The molecule has 0 aliphatic carbocycles. The monoisotopic (exact) mass is 289 g/mol. The maximum atomic E-state index is 13.1. The minimum absolute atomic E-state index is 0.0366. The van der Waals surface area contributed by atoms with Gasteiger partial charge in [0.2, 0.25) is 0 Å². The van der Waals surface area contributed by atoms with Crippen LogP contribution < -0.4 is 5.32 Å². The number of aryl methyl sites for hydroxylation is 1. The van der Waals surface area contributed by atoms with E-state index >= 15 is 0 Å². The number of aromatic nitrogens is 2. The minimum atomic E-state index is -0.199. The molecule has 1 unspecified atom stereocenters. The third-order valence-electron chi connectivity index (χ3n) is 3.70. The molecule has 1 aromatic carbocycles. The molecule has 114 valence electrons. The van der Waals surface area contributed by atoms with Crippen LogP contribution in [0.2, 0.25) is 0 Å². The zero-order valence-corrected chi connectivity index (χ0v) is 13.2. The van der Waals surface area contributed by atoms with Crippen LogP contribution in [0.15, 0.2) is 36.8 Å². The first kappa shape index (κ1) is 15.7. The molecule has 1 aromatic heterocycles. The van der Waals surface area contributed by atoms with E-state index in [0.29, 0.717) is 0 Å². The van der Waals surface area contributed by atoms with Crippen LogP contribution in [0.1, 0.15) is 45.0 Å². The second-order valence-corrected chi connectivity index (χ2v) is 6.40. The summed E-state index contributed by atoms with van der Waals surface area (Å²) < 4.78 is 15.2. The fourth-order valence-electron chi connectivity index (χ4n) is 2.57. The summed E-state index contributed by atoms with van der Waals surface area (Å²) in [6, 6.07) is 6.90. The molecule has 1 N–H and O–H groups in total. The Balaban J connectivity index is 2.16. The predicted octanol–water partition coefficient (Wildman–Crippen LogP) is 3.92. The minimum Gasteiger partial charge on any atom is -0.334 e. The Bertz CT molecular complexity index is 566. The Morgan fingerprint density at radius 3 is 2.48 bits per heavy atom. The highest BCUT2D eigenvalue weighted by Crippen LogP contribution is 2.33. The van der Waals surface area contributed by atoms with Gasteiger partial charge >= 0.3 is 0 Å². The van der Waals surface area contributed by atoms with Gasteiger partial charge in [-0.1, -0.05) is 32.9 Å². The Hall–Kier alpha value is -1.68. The molecule has 0 saturated heterocycles. The van der Waals surface area contributed by atoms with Crippen LogP contribution >= 0.6 is 0 Å². The van der Waals surface area contributed by atoms with Crippen LogP contribution in [0.4, 0.5) is 4.39 Å². The lowest BCUT2D eigenvalue weighted by Gasteiger charge is -2.32. The summed E-state index contributed by atoms with van der Waals surface area (Å²) in [6.45, 7) is 10.3. The van der Waals surface area contributed by atoms with Crippen LogP contribution in [-0.2, 0) is 13.1 Å².